The molecule has 1 aromatic rings. The molecule has 0 spiro atoms. The zero-order valence-corrected chi connectivity index (χ0v) is 9.85. The number of hydrogen-bond acceptors (Lipinski definition) is 1. The van der Waals surface area contributed by atoms with Gasteiger partial charge in [0.2, 0.25) is 5.91 Å². The molecule has 0 radical (unpaired) electrons. The lowest BCUT2D eigenvalue weighted by molar-refractivity contribution is -0.119. The fraction of sp³-hybridized carbons (Fsp3) is 0.417. The predicted molar refractivity (Wildman–Crippen MR) is 62.3 cm³/mol. The molecule has 15 heavy (non-hydrogen) atoms. The van der Waals surface area contributed by atoms with Gasteiger partial charge in [-0.2, -0.15) is 0 Å². The third-order valence-corrected chi connectivity index (χ3v) is 2.95. The minimum Gasteiger partial charge on any atom is -0.325 e. The fourth-order valence-electron chi connectivity index (χ4n) is 2.09. The molecule has 0 saturated carbocycles. The molecule has 1 N–H and O–H groups in total. The van der Waals surface area contributed by atoms with Gasteiger partial charge in [-0.1, -0.05) is 32.4 Å². The van der Waals surface area contributed by atoms with E-state index in [9.17, 15) is 4.79 Å². The first-order chi connectivity index (χ1) is 6.89. The van der Waals surface area contributed by atoms with E-state index in [4.69, 9.17) is 11.6 Å². The van der Waals surface area contributed by atoms with E-state index in [2.05, 4.69) is 26.1 Å². The Kier molecular flexibility index (Phi) is 2.27. The van der Waals surface area contributed by atoms with Gasteiger partial charge in [0.15, 0.2) is 0 Å². The fourth-order valence-corrected chi connectivity index (χ4v) is 2.27. The standard InChI is InChI=1S/C12H14ClNO/c1-12(2,3)10-8-6-7(13)4-5-9(8)14-11(10)15/h4-6,10H,1-3H3,(H,14,15). The Bertz CT molecular complexity index is 420. The van der Waals surface area contributed by atoms with Gasteiger partial charge in [0.05, 0.1) is 5.92 Å². The number of anilines is 1. The third-order valence-electron chi connectivity index (χ3n) is 2.71. The lowest BCUT2D eigenvalue weighted by atomic mass is 9.77. The predicted octanol–water partition coefficient (Wildman–Crippen LogP) is 3.42. The van der Waals surface area contributed by atoms with Crippen LogP contribution in [0.2, 0.25) is 5.02 Å². The van der Waals surface area contributed by atoms with Crippen LogP contribution >= 0.6 is 11.6 Å². The van der Waals surface area contributed by atoms with Crippen LogP contribution in [0, 0.1) is 5.41 Å². The highest BCUT2D eigenvalue weighted by molar-refractivity contribution is 6.31. The number of fused-ring (bicyclic) bond motifs is 1. The summed E-state index contributed by atoms with van der Waals surface area (Å²) < 4.78 is 0. The van der Waals surface area contributed by atoms with Gasteiger partial charge in [-0.3, -0.25) is 4.79 Å². The molecule has 0 bridgehead atoms. The van der Waals surface area contributed by atoms with Gasteiger partial charge in [0.1, 0.15) is 0 Å². The van der Waals surface area contributed by atoms with E-state index < -0.39 is 0 Å². The summed E-state index contributed by atoms with van der Waals surface area (Å²) in [5.41, 5.74) is 1.82. The Morgan fingerprint density at radius 1 is 1.33 bits per heavy atom. The topological polar surface area (TPSA) is 29.1 Å². The second kappa shape index (κ2) is 3.24. The SMILES string of the molecule is CC(C)(C)C1C(=O)Nc2ccc(Cl)cc21. The summed E-state index contributed by atoms with van der Waals surface area (Å²) >= 11 is 5.95. The van der Waals surface area contributed by atoms with E-state index in [-0.39, 0.29) is 17.2 Å². The van der Waals surface area contributed by atoms with E-state index in [0.717, 1.165) is 11.3 Å². The van der Waals surface area contributed by atoms with Gasteiger partial charge >= 0.3 is 0 Å². The highest BCUT2D eigenvalue weighted by Gasteiger charge is 2.39. The van der Waals surface area contributed by atoms with Crippen LogP contribution in [0.25, 0.3) is 0 Å². The van der Waals surface area contributed by atoms with Crippen molar-refractivity contribution in [1.82, 2.24) is 0 Å². The molecule has 2 nitrogen and oxygen atoms in total. The highest BCUT2D eigenvalue weighted by Crippen LogP contribution is 2.44. The zero-order chi connectivity index (χ0) is 11.2. The van der Waals surface area contributed by atoms with Gasteiger partial charge in [-0.25, -0.2) is 0 Å². The van der Waals surface area contributed by atoms with Crippen LogP contribution in [0.3, 0.4) is 0 Å². The van der Waals surface area contributed by atoms with Crippen LogP contribution in [0.5, 0.6) is 0 Å². The monoisotopic (exact) mass is 223 g/mol. The Morgan fingerprint density at radius 2 is 2.00 bits per heavy atom. The smallest absolute Gasteiger partial charge is 0.232 e. The molecule has 1 aliphatic heterocycles. The second-order valence-electron chi connectivity index (χ2n) is 5.02. The summed E-state index contributed by atoms with van der Waals surface area (Å²) in [4.78, 5) is 11.8. The van der Waals surface area contributed by atoms with Crippen molar-refractivity contribution in [2.75, 3.05) is 5.32 Å². The number of halogens is 1. The van der Waals surface area contributed by atoms with E-state index >= 15 is 0 Å². The van der Waals surface area contributed by atoms with Gasteiger partial charge in [-0.15, -0.1) is 0 Å². The second-order valence-corrected chi connectivity index (χ2v) is 5.46. The molecular weight excluding hydrogens is 210 g/mol. The molecule has 0 aromatic heterocycles. The number of rotatable bonds is 0. The number of amides is 1. The van der Waals surface area contributed by atoms with Crippen molar-refractivity contribution < 1.29 is 4.79 Å². The van der Waals surface area contributed by atoms with Gasteiger partial charge in [0.25, 0.3) is 0 Å². The number of carbonyl (C=O) groups is 1. The minimum atomic E-state index is -0.105. The lowest BCUT2D eigenvalue weighted by Crippen LogP contribution is -2.25. The Morgan fingerprint density at radius 3 is 2.60 bits per heavy atom. The average Bonchev–Trinajstić information content (AvgIpc) is 2.38. The maximum Gasteiger partial charge on any atom is 0.232 e. The zero-order valence-electron chi connectivity index (χ0n) is 9.10. The van der Waals surface area contributed by atoms with Crippen molar-refractivity contribution >= 4 is 23.2 Å². The summed E-state index contributed by atoms with van der Waals surface area (Å²) in [6, 6.07) is 5.54. The maximum absolute atomic E-state index is 11.8. The Hall–Kier alpha value is -1.02. The minimum absolute atomic E-state index is 0.0692. The molecule has 1 aromatic carbocycles. The molecule has 2 rings (SSSR count). The number of carbonyl (C=O) groups excluding carboxylic acids is 1. The van der Waals surface area contributed by atoms with Crippen molar-refractivity contribution in [2.45, 2.75) is 26.7 Å². The molecular formula is C12H14ClNO. The van der Waals surface area contributed by atoms with E-state index in [1.807, 2.05) is 12.1 Å². The van der Waals surface area contributed by atoms with Gasteiger partial charge in [-0.05, 0) is 29.2 Å². The van der Waals surface area contributed by atoms with E-state index in [1.54, 1.807) is 6.07 Å². The van der Waals surface area contributed by atoms with Crippen LogP contribution in [0.15, 0.2) is 18.2 Å². The highest BCUT2D eigenvalue weighted by atomic mass is 35.5. The lowest BCUT2D eigenvalue weighted by Gasteiger charge is -2.25. The quantitative estimate of drug-likeness (QED) is 0.718. The van der Waals surface area contributed by atoms with Gasteiger partial charge in [0, 0.05) is 10.7 Å². The summed E-state index contributed by atoms with van der Waals surface area (Å²) in [6.07, 6.45) is 0. The first-order valence-corrected chi connectivity index (χ1v) is 5.38. The van der Waals surface area contributed by atoms with Crippen LogP contribution in [0.4, 0.5) is 5.69 Å². The van der Waals surface area contributed by atoms with Crippen molar-refractivity contribution in [3.05, 3.63) is 28.8 Å². The van der Waals surface area contributed by atoms with Crippen LogP contribution in [0.1, 0.15) is 32.3 Å². The van der Waals surface area contributed by atoms with E-state index in [0.29, 0.717) is 5.02 Å². The van der Waals surface area contributed by atoms with Crippen molar-refractivity contribution in [1.29, 1.82) is 0 Å². The van der Waals surface area contributed by atoms with E-state index in [1.165, 1.54) is 0 Å². The summed E-state index contributed by atoms with van der Waals surface area (Å²) in [6.45, 7) is 6.19. The maximum atomic E-state index is 11.8. The molecule has 0 fully saturated rings. The molecule has 80 valence electrons. The molecule has 1 aliphatic rings. The van der Waals surface area contributed by atoms with Crippen molar-refractivity contribution in [3.8, 4) is 0 Å². The summed E-state index contributed by atoms with van der Waals surface area (Å²) in [7, 11) is 0. The molecule has 0 saturated heterocycles. The molecule has 1 amide bonds. The molecule has 1 heterocycles. The van der Waals surface area contributed by atoms with Crippen LogP contribution in [-0.4, -0.2) is 5.91 Å². The Balaban J connectivity index is 2.53. The van der Waals surface area contributed by atoms with Crippen molar-refractivity contribution in [3.63, 3.8) is 0 Å². The largest absolute Gasteiger partial charge is 0.325 e. The third kappa shape index (κ3) is 1.74. The number of benzene rings is 1. The molecule has 1 unspecified atom stereocenters. The summed E-state index contributed by atoms with van der Waals surface area (Å²) in [5.74, 6) is -0.0361. The Labute approximate surface area is 94.6 Å². The molecule has 1 atom stereocenters. The van der Waals surface area contributed by atoms with Gasteiger partial charge < -0.3 is 5.32 Å². The normalized spacial score (nSPS) is 20.0. The average molecular weight is 224 g/mol. The number of hydrogen-bond donors (Lipinski definition) is 1. The molecule has 3 heteroatoms. The summed E-state index contributed by atoms with van der Waals surface area (Å²) in [5, 5.41) is 3.56. The number of nitrogens with one attached hydrogen (secondary N) is 1. The van der Waals surface area contributed by atoms with Crippen LogP contribution in [-0.2, 0) is 4.79 Å². The van der Waals surface area contributed by atoms with Crippen LogP contribution < -0.4 is 5.32 Å². The van der Waals surface area contributed by atoms with Crippen molar-refractivity contribution in [2.24, 2.45) is 5.41 Å². The molecule has 0 aliphatic carbocycles. The first kappa shape index (κ1) is 10.5. The first-order valence-electron chi connectivity index (χ1n) is 5.00.